The van der Waals surface area contributed by atoms with E-state index in [-0.39, 0.29) is 28.5 Å². The number of rotatable bonds is 9. The fraction of sp³-hybridized carbons (Fsp3) is 0.190. The van der Waals surface area contributed by atoms with Gasteiger partial charge in [0.05, 0.1) is 30.2 Å². The minimum Gasteiger partial charge on any atom is -0.493 e. The van der Waals surface area contributed by atoms with E-state index in [4.69, 9.17) is 14.2 Å². The van der Waals surface area contributed by atoms with Crippen LogP contribution in [0.3, 0.4) is 0 Å². The Morgan fingerprint density at radius 2 is 1.76 bits per heavy atom. The molecule has 12 heteroatoms. The van der Waals surface area contributed by atoms with Crippen LogP contribution in [0.2, 0.25) is 0 Å². The van der Waals surface area contributed by atoms with Crippen LogP contribution in [0.15, 0.2) is 57.9 Å². The first-order chi connectivity index (χ1) is 15.7. The average Bonchev–Trinajstić information content (AvgIpc) is 2.80. The number of nitrogens with one attached hydrogen (secondary N) is 2. The molecule has 0 aliphatic rings. The molecule has 3 rings (SSSR count). The summed E-state index contributed by atoms with van der Waals surface area (Å²) in [7, 11) is -1.22. The van der Waals surface area contributed by atoms with E-state index in [0.29, 0.717) is 28.1 Å². The molecule has 0 spiro atoms. The smallest absolute Gasteiger partial charge is 0.321 e. The summed E-state index contributed by atoms with van der Waals surface area (Å²) < 4.78 is 43.8. The average molecular weight is 537 g/mol. The molecule has 0 radical (unpaired) electrons. The summed E-state index contributed by atoms with van der Waals surface area (Å²) >= 11 is 3.38. The van der Waals surface area contributed by atoms with Gasteiger partial charge in [-0.1, -0.05) is 0 Å². The molecule has 1 amide bonds. The number of ether oxygens (including phenoxy) is 3. The standard InChI is InChI=1S/C21H21BrN4O6S/c1-4-32-17-10-5-13(11-16(17)22)20(27)23-14-6-8-15(9-7-14)33(28,29)26-18-12-19(30-2)25-21(24-18)31-3/h5-12H,4H2,1-3H3,(H,23,27)(H,24,25,26). The second-order valence-electron chi connectivity index (χ2n) is 6.44. The second kappa shape index (κ2) is 10.5. The van der Waals surface area contributed by atoms with Crippen molar-refractivity contribution < 1.29 is 27.4 Å². The third kappa shape index (κ3) is 6.11. The van der Waals surface area contributed by atoms with Crippen molar-refractivity contribution in [2.75, 3.05) is 30.9 Å². The summed E-state index contributed by atoms with van der Waals surface area (Å²) in [6, 6.07) is 11.9. The SMILES string of the molecule is CCOc1ccc(C(=O)Nc2ccc(S(=O)(=O)Nc3cc(OC)nc(OC)n3)cc2)cc1Br. The number of carbonyl (C=O) groups is 1. The van der Waals surface area contributed by atoms with Crippen molar-refractivity contribution in [3.05, 3.63) is 58.6 Å². The zero-order valence-electron chi connectivity index (χ0n) is 18.0. The molecular weight excluding hydrogens is 516 g/mol. The van der Waals surface area contributed by atoms with Crippen LogP contribution < -0.4 is 24.2 Å². The Labute approximate surface area is 199 Å². The van der Waals surface area contributed by atoms with Gasteiger partial charge in [0, 0.05) is 17.3 Å². The molecule has 10 nitrogen and oxygen atoms in total. The first kappa shape index (κ1) is 24.3. The quantitative estimate of drug-likeness (QED) is 0.423. The number of aromatic nitrogens is 2. The molecule has 1 heterocycles. The highest BCUT2D eigenvalue weighted by molar-refractivity contribution is 9.10. The molecule has 0 fully saturated rings. The Hall–Kier alpha value is -3.38. The topological polar surface area (TPSA) is 129 Å². The van der Waals surface area contributed by atoms with Gasteiger partial charge in [0.15, 0.2) is 5.82 Å². The molecule has 0 aliphatic heterocycles. The van der Waals surface area contributed by atoms with E-state index in [1.807, 2.05) is 6.92 Å². The first-order valence-corrected chi connectivity index (χ1v) is 11.9. The summed E-state index contributed by atoms with van der Waals surface area (Å²) in [5, 5.41) is 2.73. The van der Waals surface area contributed by atoms with Crippen LogP contribution in [0.5, 0.6) is 17.6 Å². The van der Waals surface area contributed by atoms with Gasteiger partial charge < -0.3 is 19.5 Å². The highest BCUT2D eigenvalue weighted by Crippen LogP contribution is 2.27. The normalized spacial score (nSPS) is 10.9. The molecular formula is C21H21BrN4O6S. The van der Waals surface area contributed by atoms with E-state index in [9.17, 15) is 13.2 Å². The van der Waals surface area contributed by atoms with Crippen molar-refractivity contribution >= 4 is 43.4 Å². The summed E-state index contributed by atoms with van der Waals surface area (Å²) in [6.45, 7) is 2.38. The monoisotopic (exact) mass is 536 g/mol. The van der Waals surface area contributed by atoms with Crippen molar-refractivity contribution in [2.24, 2.45) is 0 Å². The number of benzene rings is 2. The predicted molar refractivity (Wildman–Crippen MR) is 126 cm³/mol. The Morgan fingerprint density at radius 1 is 1.03 bits per heavy atom. The van der Waals surface area contributed by atoms with E-state index in [0.717, 1.165) is 0 Å². The molecule has 0 aliphatic carbocycles. The van der Waals surface area contributed by atoms with Crippen molar-refractivity contribution in [3.63, 3.8) is 0 Å². The molecule has 2 N–H and O–H groups in total. The summed E-state index contributed by atoms with van der Waals surface area (Å²) in [6.07, 6.45) is 0. The lowest BCUT2D eigenvalue weighted by Gasteiger charge is -2.11. The van der Waals surface area contributed by atoms with Gasteiger partial charge in [0.2, 0.25) is 5.88 Å². The number of hydrogen-bond acceptors (Lipinski definition) is 8. The first-order valence-electron chi connectivity index (χ1n) is 9.59. The van der Waals surface area contributed by atoms with Gasteiger partial charge in [-0.15, -0.1) is 0 Å². The Bertz CT molecular complexity index is 1230. The lowest BCUT2D eigenvalue weighted by Crippen LogP contribution is -2.15. The molecule has 3 aromatic rings. The van der Waals surface area contributed by atoms with Gasteiger partial charge in [0.25, 0.3) is 15.9 Å². The summed E-state index contributed by atoms with van der Waals surface area (Å²) in [4.78, 5) is 20.4. The van der Waals surface area contributed by atoms with Crippen LogP contribution in [0.25, 0.3) is 0 Å². The van der Waals surface area contributed by atoms with Crippen LogP contribution >= 0.6 is 15.9 Å². The lowest BCUT2D eigenvalue weighted by atomic mass is 10.2. The zero-order chi connectivity index (χ0) is 24.0. The van der Waals surface area contributed by atoms with Gasteiger partial charge >= 0.3 is 6.01 Å². The van der Waals surface area contributed by atoms with Gasteiger partial charge in [-0.05, 0) is 65.3 Å². The van der Waals surface area contributed by atoms with Gasteiger partial charge in [-0.25, -0.2) is 8.42 Å². The van der Waals surface area contributed by atoms with Crippen LogP contribution in [-0.4, -0.2) is 45.1 Å². The lowest BCUT2D eigenvalue weighted by molar-refractivity contribution is 0.102. The van der Waals surface area contributed by atoms with Gasteiger partial charge in [-0.3, -0.25) is 9.52 Å². The van der Waals surface area contributed by atoms with Crippen LogP contribution in [-0.2, 0) is 10.0 Å². The molecule has 0 bridgehead atoms. The Kier molecular flexibility index (Phi) is 7.71. The fourth-order valence-electron chi connectivity index (χ4n) is 2.68. The zero-order valence-corrected chi connectivity index (χ0v) is 20.4. The van der Waals surface area contributed by atoms with E-state index in [2.05, 4.69) is 35.9 Å². The van der Waals surface area contributed by atoms with E-state index < -0.39 is 10.0 Å². The molecule has 0 saturated carbocycles. The van der Waals surface area contributed by atoms with Crippen molar-refractivity contribution in [3.8, 4) is 17.6 Å². The highest BCUT2D eigenvalue weighted by atomic mass is 79.9. The third-order valence-electron chi connectivity index (χ3n) is 4.23. The third-order valence-corrected chi connectivity index (χ3v) is 6.22. The van der Waals surface area contributed by atoms with Crippen molar-refractivity contribution in [1.82, 2.24) is 9.97 Å². The Morgan fingerprint density at radius 3 is 2.36 bits per heavy atom. The number of carbonyl (C=O) groups excluding carboxylic acids is 1. The number of methoxy groups -OCH3 is 2. The van der Waals surface area contributed by atoms with Gasteiger partial charge in [-0.2, -0.15) is 9.97 Å². The van der Waals surface area contributed by atoms with E-state index >= 15 is 0 Å². The molecule has 174 valence electrons. The maximum absolute atomic E-state index is 12.7. The summed E-state index contributed by atoms with van der Waals surface area (Å²) in [5.74, 6) is 0.401. The van der Waals surface area contributed by atoms with E-state index in [1.165, 1.54) is 44.6 Å². The molecule has 0 unspecified atom stereocenters. The number of halogens is 1. The van der Waals surface area contributed by atoms with Gasteiger partial charge in [0.1, 0.15) is 5.75 Å². The number of sulfonamides is 1. The molecule has 1 aromatic heterocycles. The van der Waals surface area contributed by atoms with Crippen LogP contribution in [0, 0.1) is 0 Å². The largest absolute Gasteiger partial charge is 0.493 e. The molecule has 0 atom stereocenters. The number of hydrogen-bond donors (Lipinski definition) is 2. The highest BCUT2D eigenvalue weighted by Gasteiger charge is 2.17. The number of anilines is 2. The van der Waals surface area contributed by atoms with E-state index in [1.54, 1.807) is 18.2 Å². The number of nitrogens with zero attached hydrogens (tertiary/aromatic N) is 2. The summed E-state index contributed by atoms with van der Waals surface area (Å²) in [5.41, 5.74) is 0.838. The Balaban J connectivity index is 1.73. The molecule has 0 saturated heterocycles. The van der Waals surface area contributed by atoms with Crippen molar-refractivity contribution in [2.45, 2.75) is 11.8 Å². The maximum atomic E-state index is 12.7. The minimum atomic E-state index is -3.96. The van der Waals surface area contributed by atoms with Crippen molar-refractivity contribution in [1.29, 1.82) is 0 Å². The second-order valence-corrected chi connectivity index (χ2v) is 8.98. The van der Waals surface area contributed by atoms with Crippen LogP contribution in [0.1, 0.15) is 17.3 Å². The fourth-order valence-corrected chi connectivity index (χ4v) is 4.17. The number of amides is 1. The molecule has 2 aromatic carbocycles. The molecule has 33 heavy (non-hydrogen) atoms. The minimum absolute atomic E-state index is 0.0165. The van der Waals surface area contributed by atoms with Crippen LogP contribution in [0.4, 0.5) is 11.5 Å². The predicted octanol–water partition coefficient (Wildman–Crippen LogP) is 3.71. The maximum Gasteiger partial charge on any atom is 0.321 e.